The first-order valence-electron chi connectivity index (χ1n) is 6.32. The number of nitrogens with two attached hydrogens (primary N) is 1. The van der Waals surface area contributed by atoms with Crippen molar-refractivity contribution in [2.45, 2.75) is 47.1 Å². The zero-order valence-electron chi connectivity index (χ0n) is 12.0. The van der Waals surface area contributed by atoms with Crippen LogP contribution in [0.4, 0.5) is 0 Å². The molecule has 0 spiro atoms. The Balaban J connectivity index is 4.73. The molecule has 0 aliphatic rings. The fourth-order valence-corrected chi connectivity index (χ4v) is 1.79. The van der Waals surface area contributed by atoms with Crippen LogP contribution in [0.2, 0.25) is 0 Å². The molecule has 1 amide bonds. The summed E-state index contributed by atoms with van der Waals surface area (Å²) in [6.07, 6.45) is 0.665. The molecule has 0 saturated heterocycles. The highest BCUT2D eigenvalue weighted by atomic mass is 16.4. The van der Waals surface area contributed by atoms with Crippen LogP contribution in [0.1, 0.15) is 41.0 Å². The van der Waals surface area contributed by atoms with E-state index in [0.717, 1.165) is 0 Å². The van der Waals surface area contributed by atoms with E-state index in [2.05, 4.69) is 5.32 Å². The van der Waals surface area contributed by atoms with E-state index in [0.29, 0.717) is 12.3 Å². The van der Waals surface area contributed by atoms with Crippen LogP contribution in [0.3, 0.4) is 0 Å². The second-order valence-electron chi connectivity index (χ2n) is 6.21. The molecule has 0 rings (SSSR count). The van der Waals surface area contributed by atoms with Gasteiger partial charge in [0.1, 0.15) is 6.04 Å². The number of carbonyl (C=O) groups excluding carboxylic acids is 1. The van der Waals surface area contributed by atoms with Gasteiger partial charge in [0, 0.05) is 6.54 Å². The first kappa shape index (κ1) is 16.9. The number of carboxylic acid groups (broad SMARTS) is 1. The molecule has 0 aromatic heterocycles. The second-order valence-corrected chi connectivity index (χ2v) is 6.21. The van der Waals surface area contributed by atoms with Crippen LogP contribution in [0.5, 0.6) is 0 Å². The molecule has 0 heterocycles. The van der Waals surface area contributed by atoms with Crippen molar-refractivity contribution in [2.75, 3.05) is 6.54 Å². The fraction of sp³-hybridized carbons (Fsp3) is 0.846. The van der Waals surface area contributed by atoms with Crippen molar-refractivity contribution in [3.63, 3.8) is 0 Å². The smallest absolute Gasteiger partial charge is 0.326 e. The maximum Gasteiger partial charge on any atom is 0.326 e. The number of aliphatic carboxylic acids is 1. The van der Waals surface area contributed by atoms with Gasteiger partial charge in [0.2, 0.25) is 5.91 Å². The molecule has 0 bridgehead atoms. The Kier molecular flexibility index (Phi) is 6.32. The van der Waals surface area contributed by atoms with Crippen molar-refractivity contribution >= 4 is 11.9 Å². The third-order valence-electron chi connectivity index (χ3n) is 2.81. The van der Waals surface area contributed by atoms with Crippen molar-refractivity contribution in [1.82, 2.24) is 5.32 Å². The monoisotopic (exact) mass is 258 g/mol. The van der Waals surface area contributed by atoms with Crippen molar-refractivity contribution in [3.8, 4) is 0 Å². The lowest BCUT2D eigenvalue weighted by atomic mass is 9.86. The second kappa shape index (κ2) is 6.73. The first-order chi connectivity index (χ1) is 8.09. The van der Waals surface area contributed by atoms with Gasteiger partial charge in [-0.2, -0.15) is 0 Å². The molecule has 4 N–H and O–H groups in total. The van der Waals surface area contributed by atoms with Crippen LogP contribution < -0.4 is 11.1 Å². The summed E-state index contributed by atoms with van der Waals surface area (Å²) >= 11 is 0. The molecule has 0 aliphatic heterocycles. The summed E-state index contributed by atoms with van der Waals surface area (Å²) in [4.78, 5) is 23.2. The summed E-state index contributed by atoms with van der Waals surface area (Å²) in [5.74, 6) is -1.26. The number of hydrogen-bond acceptors (Lipinski definition) is 3. The standard InChI is InChI=1S/C13H26N2O3/c1-8(2)6-9(7-14)11(16)15-10(12(17)18)13(3,4)5/h8-10H,6-7,14H2,1-5H3,(H,15,16)(H,17,18)/t9?,10-/m0/s1. The average Bonchev–Trinajstić information content (AvgIpc) is 2.19. The van der Waals surface area contributed by atoms with Crippen molar-refractivity contribution < 1.29 is 14.7 Å². The molecule has 0 saturated carbocycles. The number of carboxylic acids is 1. The van der Waals surface area contributed by atoms with Gasteiger partial charge in [-0.3, -0.25) is 4.79 Å². The number of carbonyl (C=O) groups is 2. The molecule has 18 heavy (non-hydrogen) atoms. The van der Waals surface area contributed by atoms with E-state index >= 15 is 0 Å². The zero-order valence-corrected chi connectivity index (χ0v) is 12.0. The summed E-state index contributed by atoms with van der Waals surface area (Å²) in [6.45, 7) is 9.60. The predicted molar refractivity (Wildman–Crippen MR) is 71.0 cm³/mol. The molecule has 5 heteroatoms. The SMILES string of the molecule is CC(C)CC(CN)C(=O)N[C@@H](C(=O)O)C(C)(C)C. The summed E-state index contributed by atoms with van der Waals surface area (Å²) in [5.41, 5.74) is 5.05. The molecule has 0 aliphatic carbocycles. The fourth-order valence-electron chi connectivity index (χ4n) is 1.79. The van der Waals surface area contributed by atoms with Crippen LogP contribution in [0.15, 0.2) is 0 Å². The summed E-state index contributed by atoms with van der Waals surface area (Å²) in [5, 5.41) is 11.7. The molecule has 0 aromatic rings. The van der Waals surface area contributed by atoms with Crippen molar-refractivity contribution in [2.24, 2.45) is 23.0 Å². The molecule has 5 nitrogen and oxygen atoms in total. The lowest BCUT2D eigenvalue weighted by molar-refractivity contribution is -0.145. The van der Waals surface area contributed by atoms with Gasteiger partial charge in [0.25, 0.3) is 0 Å². The average molecular weight is 258 g/mol. The van der Waals surface area contributed by atoms with Gasteiger partial charge < -0.3 is 16.2 Å². The molecule has 1 unspecified atom stereocenters. The highest BCUT2D eigenvalue weighted by Crippen LogP contribution is 2.20. The number of hydrogen-bond donors (Lipinski definition) is 3. The normalized spacial score (nSPS) is 15.3. The van der Waals surface area contributed by atoms with Crippen LogP contribution >= 0.6 is 0 Å². The minimum absolute atomic E-state index is 0.237. The summed E-state index contributed by atoms with van der Waals surface area (Å²) in [7, 11) is 0. The molecule has 106 valence electrons. The van der Waals surface area contributed by atoms with E-state index in [1.54, 1.807) is 20.8 Å². The number of amides is 1. The summed E-state index contributed by atoms with van der Waals surface area (Å²) < 4.78 is 0. The molecular weight excluding hydrogens is 232 g/mol. The Morgan fingerprint density at radius 2 is 1.78 bits per heavy atom. The lowest BCUT2D eigenvalue weighted by Gasteiger charge is -2.29. The van der Waals surface area contributed by atoms with Crippen LogP contribution in [-0.4, -0.2) is 29.6 Å². The van der Waals surface area contributed by atoms with Crippen LogP contribution in [0, 0.1) is 17.3 Å². The van der Waals surface area contributed by atoms with Gasteiger partial charge in [0.05, 0.1) is 5.92 Å². The number of nitrogens with one attached hydrogen (secondary N) is 1. The van der Waals surface area contributed by atoms with Gasteiger partial charge >= 0.3 is 5.97 Å². The van der Waals surface area contributed by atoms with Gasteiger partial charge in [-0.15, -0.1) is 0 Å². The largest absolute Gasteiger partial charge is 0.480 e. The predicted octanol–water partition coefficient (Wildman–Crippen LogP) is 1.22. The Labute approximate surface area is 109 Å². The minimum Gasteiger partial charge on any atom is -0.480 e. The van der Waals surface area contributed by atoms with E-state index in [9.17, 15) is 9.59 Å². The van der Waals surface area contributed by atoms with Crippen molar-refractivity contribution in [1.29, 1.82) is 0 Å². The molecule has 0 radical (unpaired) electrons. The Bertz CT molecular complexity index is 295. The molecular formula is C13H26N2O3. The van der Waals surface area contributed by atoms with E-state index < -0.39 is 17.4 Å². The Morgan fingerprint density at radius 1 is 1.28 bits per heavy atom. The molecule has 0 fully saturated rings. The highest BCUT2D eigenvalue weighted by Gasteiger charge is 2.34. The van der Waals surface area contributed by atoms with Crippen molar-refractivity contribution in [3.05, 3.63) is 0 Å². The minimum atomic E-state index is -1.02. The first-order valence-corrected chi connectivity index (χ1v) is 6.32. The van der Waals surface area contributed by atoms with E-state index in [-0.39, 0.29) is 18.4 Å². The molecule has 0 aromatic carbocycles. The van der Waals surface area contributed by atoms with Gasteiger partial charge in [-0.1, -0.05) is 34.6 Å². The van der Waals surface area contributed by atoms with Gasteiger partial charge in [-0.05, 0) is 17.8 Å². The maximum absolute atomic E-state index is 12.0. The quantitative estimate of drug-likeness (QED) is 0.668. The summed E-state index contributed by atoms with van der Waals surface area (Å²) in [6, 6.07) is -0.897. The van der Waals surface area contributed by atoms with E-state index in [4.69, 9.17) is 10.8 Å². The Morgan fingerprint density at radius 3 is 2.06 bits per heavy atom. The van der Waals surface area contributed by atoms with Gasteiger partial charge in [0.15, 0.2) is 0 Å². The van der Waals surface area contributed by atoms with E-state index in [1.807, 2.05) is 13.8 Å². The topological polar surface area (TPSA) is 92.4 Å². The highest BCUT2D eigenvalue weighted by molar-refractivity contribution is 5.85. The zero-order chi connectivity index (χ0) is 14.5. The van der Waals surface area contributed by atoms with Crippen LogP contribution in [-0.2, 0) is 9.59 Å². The van der Waals surface area contributed by atoms with E-state index in [1.165, 1.54) is 0 Å². The van der Waals surface area contributed by atoms with Gasteiger partial charge in [-0.25, -0.2) is 4.79 Å². The number of rotatable bonds is 6. The van der Waals surface area contributed by atoms with Crippen LogP contribution in [0.25, 0.3) is 0 Å². The maximum atomic E-state index is 12.0. The molecule has 2 atom stereocenters. The third kappa shape index (κ3) is 5.49. The lowest BCUT2D eigenvalue weighted by Crippen LogP contribution is -2.51. The third-order valence-corrected chi connectivity index (χ3v) is 2.81. The Hall–Kier alpha value is -1.10.